The highest BCUT2D eigenvalue weighted by atomic mass is 16.4. The highest BCUT2D eigenvalue weighted by Crippen LogP contribution is 2.17. The van der Waals surface area contributed by atoms with Crippen LogP contribution in [0.15, 0.2) is 60.2 Å². The summed E-state index contributed by atoms with van der Waals surface area (Å²) in [5.74, 6) is -1.24. The minimum Gasteiger partial charge on any atom is -0.478 e. The van der Waals surface area contributed by atoms with Gasteiger partial charge in [0.05, 0.1) is 5.57 Å². The molecule has 1 aliphatic carbocycles. The molecule has 1 unspecified atom stereocenters. The number of hydrogen-bond donors (Lipinski definition) is 2. The predicted molar refractivity (Wildman–Crippen MR) is 71.6 cm³/mol. The summed E-state index contributed by atoms with van der Waals surface area (Å²) in [6, 6.07) is 9.72. The van der Waals surface area contributed by atoms with Crippen LogP contribution in [0.25, 0.3) is 6.08 Å². The van der Waals surface area contributed by atoms with Crippen LogP contribution in [0.2, 0.25) is 0 Å². The molecule has 0 radical (unpaired) electrons. The Bertz CT molecular complexity index is 553. The number of carbonyl (C=O) groups is 1. The van der Waals surface area contributed by atoms with Crippen molar-refractivity contribution in [1.82, 2.24) is 0 Å². The molecule has 18 heavy (non-hydrogen) atoms. The largest absolute Gasteiger partial charge is 0.478 e. The van der Waals surface area contributed by atoms with E-state index in [1.165, 1.54) is 12.2 Å². The van der Waals surface area contributed by atoms with E-state index in [4.69, 9.17) is 10.5 Å². The summed E-state index contributed by atoms with van der Waals surface area (Å²) in [5, 5.41) is 16.7. The average molecular weight is 239 g/mol. The Hall–Kier alpha value is -2.42. The maximum Gasteiger partial charge on any atom is 0.335 e. The van der Waals surface area contributed by atoms with E-state index in [-0.39, 0.29) is 11.5 Å². The molecule has 0 amide bonds. The Balaban J connectivity index is 2.18. The highest BCUT2D eigenvalue weighted by molar-refractivity contribution is 6.03. The van der Waals surface area contributed by atoms with E-state index in [0.717, 1.165) is 5.56 Å². The predicted octanol–water partition coefficient (Wildman–Crippen LogP) is 2.92. The van der Waals surface area contributed by atoms with Crippen molar-refractivity contribution in [2.75, 3.05) is 0 Å². The van der Waals surface area contributed by atoms with E-state index in [1.807, 2.05) is 42.5 Å². The van der Waals surface area contributed by atoms with E-state index in [1.54, 1.807) is 6.08 Å². The molecule has 0 bridgehead atoms. The van der Waals surface area contributed by atoms with Gasteiger partial charge >= 0.3 is 5.97 Å². The fourth-order valence-electron chi connectivity index (χ4n) is 1.71. The van der Waals surface area contributed by atoms with E-state index >= 15 is 0 Å². The maximum absolute atomic E-state index is 10.9. The monoisotopic (exact) mass is 239 g/mol. The van der Waals surface area contributed by atoms with Gasteiger partial charge < -0.3 is 10.5 Å². The first-order chi connectivity index (χ1) is 8.66. The third-order valence-electron chi connectivity index (χ3n) is 2.70. The van der Waals surface area contributed by atoms with Crippen molar-refractivity contribution < 1.29 is 9.90 Å². The lowest BCUT2D eigenvalue weighted by molar-refractivity contribution is -0.132. The van der Waals surface area contributed by atoms with E-state index < -0.39 is 5.97 Å². The molecule has 0 aliphatic heterocycles. The third-order valence-corrected chi connectivity index (χ3v) is 2.70. The Morgan fingerprint density at radius 1 is 1.22 bits per heavy atom. The van der Waals surface area contributed by atoms with Crippen LogP contribution in [0.4, 0.5) is 0 Å². The molecular weight excluding hydrogens is 226 g/mol. The van der Waals surface area contributed by atoms with Gasteiger partial charge in [0.15, 0.2) is 0 Å². The molecule has 1 aromatic carbocycles. The van der Waals surface area contributed by atoms with Crippen molar-refractivity contribution >= 4 is 17.8 Å². The second-order valence-electron chi connectivity index (χ2n) is 4.01. The molecule has 0 saturated carbocycles. The van der Waals surface area contributed by atoms with Crippen molar-refractivity contribution in [1.29, 1.82) is 5.41 Å². The van der Waals surface area contributed by atoms with E-state index in [0.29, 0.717) is 5.71 Å². The normalized spacial score (nSPS) is 19.0. The van der Waals surface area contributed by atoms with Gasteiger partial charge in [-0.25, -0.2) is 4.79 Å². The van der Waals surface area contributed by atoms with Crippen LogP contribution in [0, 0.1) is 11.3 Å². The molecule has 1 aromatic rings. The lowest BCUT2D eigenvalue weighted by atomic mass is 9.93. The number of nitrogens with one attached hydrogen (secondary N) is 1. The van der Waals surface area contributed by atoms with E-state index in [2.05, 4.69) is 0 Å². The summed E-state index contributed by atoms with van der Waals surface area (Å²) in [5.41, 5.74) is 1.66. The average Bonchev–Trinajstić information content (AvgIpc) is 2.38. The van der Waals surface area contributed by atoms with Crippen LogP contribution in [-0.4, -0.2) is 16.8 Å². The lowest BCUT2D eigenvalue weighted by Crippen LogP contribution is -2.13. The van der Waals surface area contributed by atoms with Crippen molar-refractivity contribution in [2.45, 2.75) is 0 Å². The fraction of sp³-hybridized carbons (Fsp3) is 0.0667. The van der Waals surface area contributed by atoms with Gasteiger partial charge in [0.2, 0.25) is 0 Å². The fourth-order valence-corrected chi connectivity index (χ4v) is 1.71. The van der Waals surface area contributed by atoms with Crippen molar-refractivity contribution in [3.05, 3.63) is 65.8 Å². The van der Waals surface area contributed by atoms with Crippen LogP contribution in [-0.2, 0) is 4.79 Å². The van der Waals surface area contributed by atoms with Crippen molar-refractivity contribution in [3.63, 3.8) is 0 Å². The Labute approximate surface area is 105 Å². The first-order valence-corrected chi connectivity index (χ1v) is 5.62. The smallest absolute Gasteiger partial charge is 0.335 e. The first-order valence-electron chi connectivity index (χ1n) is 5.62. The molecule has 0 spiro atoms. The third kappa shape index (κ3) is 2.83. The van der Waals surface area contributed by atoms with Gasteiger partial charge in [-0.15, -0.1) is 0 Å². The molecule has 3 nitrogen and oxygen atoms in total. The van der Waals surface area contributed by atoms with Gasteiger partial charge in [0, 0.05) is 11.6 Å². The summed E-state index contributed by atoms with van der Waals surface area (Å²) >= 11 is 0. The maximum atomic E-state index is 10.9. The van der Waals surface area contributed by atoms with Gasteiger partial charge in [-0.3, -0.25) is 0 Å². The van der Waals surface area contributed by atoms with Crippen LogP contribution >= 0.6 is 0 Å². The second-order valence-corrected chi connectivity index (χ2v) is 4.01. The van der Waals surface area contributed by atoms with Crippen LogP contribution in [0.1, 0.15) is 5.56 Å². The van der Waals surface area contributed by atoms with Gasteiger partial charge in [-0.2, -0.15) is 0 Å². The van der Waals surface area contributed by atoms with Crippen LogP contribution in [0.5, 0.6) is 0 Å². The number of carboxylic acid groups (broad SMARTS) is 1. The number of aliphatic carboxylic acids is 1. The number of benzene rings is 1. The van der Waals surface area contributed by atoms with Crippen molar-refractivity contribution in [3.8, 4) is 0 Å². The quantitative estimate of drug-likeness (QED) is 0.851. The molecule has 1 atom stereocenters. The van der Waals surface area contributed by atoms with Gasteiger partial charge in [0.1, 0.15) is 0 Å². The Morgan fingerprint density at radius 2 is 1.94 bits per heavy atom. The van der Waals surface area contributed by atoms with E-state index in [9.17, 15) is 4.79 Å². The number of hydrogen-bond acceptors (Lipinski definition) is 2. The summed E-state index contributed by atoms with van der Waals surface area (Å²) in [7, 11) is 0. The minimum atomic E-state index is -0.961. The molecule has 1 aliphatic rings. The summed E-state index contributed by atoms with van der Waals surface area (Å²) in [6.07, 6.45) is 8.31. The summed E-state index contributed by atoms with van der Waals surface area (Å²) in [6.45, 7) is 0. The molecule has 0 heterocycles. The Kier molecular flexibility index (Phi) is 3.53. The molecular formula is C15H13NO2. The molecule has 0 aromatic heterocycles. The summed E-state index contributed by atoms with van der Waals surface area (Å²) in [4.78, 5) is 10.9. The number of carboxylic acids is 1. The molecule has 90 valence electrons. The number of rotatable bonds is 3. The topological polar surface area (TPSA) is 61.2 Å². The molecule has 0 saturated heterocycles. The molecule has 0 fully saturated rings. The minimum absolute atomic E-state index is 0.230. The second kappa shape index (κ2) is 5.27. The lowest BCUT2D eigenvalue weighted by Gasteiger charge is -2.12. The number of allylic oxidation sites excluding steroid dienone is 3. The Morgan fingerprint density at radius 3 is 2.61 bits per heavy atom. The molecule has 3 heteroatoms. The zero-order valence-corrected chi connectivity index (χ0v) is 9.71. The first kappa shape index (κ1) is 12.0. The zero-order chi connectivity index (χ0) is 13.0. The van der Waals surface area contributed by atoms with Gasteiger partial charge in [-0.1, -0.05) is 48.6 Å². The zero-order valence-electron chi connectivity index (χ0n) is 9.71. The molecule has 2 rings (SSSR count). The highest BCUT2D eigenvalue weighted by Gasteiger charge is 2.15. The standard InChI is InChI=1S/C15H13NO2/c16-14-9-8-13(15(17)18)10-12(14)7-6-11-4-2-1-3-5-11/h1-10,12,16H,(H,17,18). The van der Waals surface area contributed by atoms with Gasteiger partial charge in [0.25, 0.3) is 0 Å². The van der Waals surface area contributed by atoms with Crippen LogP contribution < -0.4 is 0 Å². The van der Waals surface area contributed by atoms with Crippen LogP contribution in [0.3, 0.4) is 0 Å². The van der Waals surface area contributed by atoms with Gasteiger partial charge in [-0.05, 0) is 17.7 Å². The summed E-state index contributed by atoms with van der Waals surface area (Å²) < 4.78 is 0. The molecule has 2 N–H and O–H groups in total. The SMILES string of the molecule is N=C1C=CC(C(=O)O)=CC1C=Cc1ccccc1. The van der Waals surface area contributed by atoms with Crippen molar-refractivity contribution in [2.24, 2.45) is 5.92 Å².